The van der Waals surface area contributed by atoms with Crippen LogP contribution in [0.25, 0.3) is 0 Å². The van der Waals surface area contributed by atoms with E-state index in [1.54, 1.807) is 0 Å². The minimum Gasteiger partial charge on any atom is -0.611 e. The fourth-order valence-corrected chi connectivity index (χ4v) is 7.28. The van der Waals surface area contributed by atoms with Crippen LogP contribution in [0.5, 0.6) is 11.5 Å². The predicted molar refractivity (Wildman–Crippen MR) is 163 cm³/mol. The second-order valence-corrected chi connectivity index (χ2v) is 13.3. The zero-order valence-corrected chi connectivity index (χ0v) is 26.6. The van der Waals surface area contributed by atoms with Gasteiger partial charge in [-0.05, 0) is 92.8 Å². The van der Waals surface area contributed by atoms with Crippen LogP contribution in [0.2, 0.25) is 5.28 Å². The highest BCUT2D eigenvalue weighted by atomic mass is 27.2. The minimum atomic E-state index is -2.02. The number of hydrogen-bond donors (Lipinski definition) is 0. The molecule has 0 amide bonds. The lowest BCUT2D eigenvalue weighted by Crippen LogP contribution is -2.33. The van der Waals surface area contributed by atoms with Crippen molar-refractivity contribution in [3.05, 3.63) is 57.6 Å². The van der Waals surface area contributed by atoms with Gasteiger partial charge in [-0.2, -0.15) is 0 Å². The Hall–Kier alpha value is -1.43. The monoisotopic (exact) mass is 522 g/mol. The first-order chi connectivity index (χ1) is 17.8. The van der Waals surface area contributed by atoms with Gasteiger partial charge in [-0.1, -0.05) is 109 Å². The maximum atomic E-state index is 7.11. The molecule has 37 heavy (non-hydrogen) atoms. The average molecular weight is 523 g/mol. The topological polar surface area (TPSA) is 18.5 Å². The average Bonchev–Trinajstić information content (AvgIpc) is 2.85. The molecule has 2 aromatic rings. The van der Waals surface area contributed by atoms with Crippen LogP contribution in [0.1, 0.15) is 126 Å². The summed E-state index contributed by atoms with van der Waals surface area (Å²) < 4.78 is 14.2. The number of benzene rings is 2. The van der Waals surface area contributed by atoms with Crippen LogP contribution < -0.4 is 7.58 Å². The molecule has 0 saturated heterocycles. The van der Waals surface area contributed by atoms with Crippen LogP contribution in [0.3, 0.4) is 0 Å². The third-order valence-corrected chi connectivity index (χ3v) is 9.46. The zero-order valence-electron chi connectivity index (χ0n) is 25.5. The van der Waals surface area contributed by atoms with Crippen molar-refractivity contribution in [2.45, 2.75) is 138 Å². The first-order valence-electron chi connectivity index (χ1n) is 15.4. The van der Waals surface area contributed by atoms with Gasteiger partial charge >= 0.3 is 14.8 Å². The molecule has 2 rings (SSSR count). The molecule has 0 N–H and O–H groups in total. The second kappa shape index (κ2) is 17.2. The minimum absolute atomic E-state index is 0.545. The third kappa shape index (κ3) is 10.7. The van der Waals surface area contributed by atoms with Crippen molar-refractivity contribution in [1.29, 1.82) is 0 Å². The lowest BCUT2D eigenvalue weighted by Gasteiger charge is -2.26. The summed E-state index contributed by atoms with van der Waals surface area (Å²) in [6, 6.07) is 9.47. The normalized spacial score (nSPS) is 11.3. The van der Waals surface area contributed by atoms with Crippen LogP contribution in [-0.4, -0.2) is 14.8 Å². The Labute approximate surface area is 234 Å². The summed E-state index contributed by atoms with van der Waals surface area (Å²) >= 11 is -2.02. The molecular formula is C34H55AlO2. The molecule has 0 aromatic heterocycles. The SMILES string of the molecule is CCCCc1cc(C)cc(CCCC)c1[O][Al]([CH2]C(C)C)[O]c1c(CCCC)cc(C)cc1CCCC. The molecule has 2 nitrogen and oxygen atoms in total. The van der Waals surface area contributed by atoms with Gasteiger partial charge in [0.25, 0.3) is 0 Å². The number of hydrogen-bond acceptors (Lipinski definition) is 2. The summed E-state index contributed by atoms with van der Waals surface area (Å²) in [4.78, 5) is 0. The van der Waals surface area contributed by atoms with E-state index in [0.717, 1.165) is 42.5 Å². The number of unbranched alkanes of at least 4 members (excludes halogenated alkanes) is 4. The van der Waals surface area contributed by atoms with Crippen molar-refractivity contribution in [3.63, 3.8) is 0 Å². The van der Waals surface area contributed by atoms with Crippen LogP contribution >= 0.6 is 0 Å². The maximum Gasteiger partial charge on any atom is 0.857 e. The van der Waals surface area contributed by atoms with Gasteiger partial charge in [0, 0.05) is 0 Å². The Morgan fingerprint density at radius 2 is 0.865 bits per heavy atom. The maximum absolute atomic E-state index is 7.11. The fourth-order valence-electron chi connectivity index (χ4n) is 5.14. The van der Waals surface area contributed by atoms with E-state index in [2.05, 4.69) is 79.7 Å². The highest BCUT2D eigenvalue weighted by molar-refractivity contribution is 6.46. The summed E-state index contributed by atoms with van der Waals surface area (Å²) in [6.45, 7) is 18.2. The molecular weight excluding hydrogens is 467 g/mol. The van der Waals surface area contributed by atoms with E-state index in [1.807, 2.05) is 0 Å². The molecule has 0 spiro atoms. The molecule has 206 valence electrons. The van der Waals surface area contributed by atoms with Gasteiger partial charge in [-0.3, -0.25) is 0 Å². The molecule has 3 heteroatoms. The van der Waals surface area contributed by atoms with E-state index in [0.29, 0.717) is 5.92 Å². The highest BCUT2D eigenvalue weighted by Gasteiger charge is 2.36. The summed E-state index contributed by atoms with van der Waals surface area (Å²) in [5, 5.41) is 1.02. The van der Waals surface area contributed by atoms with Crippen molar-refractivity contribution in [2.24, 2.45) is 5.92 Å². The van der Waals surface area contributed by atoms with Crippen LogP contribution in [0, 0.1) is 19.8 Å². The Bertz CT molecular complexity index is 804. The molecule has 0 saturated carbocycles. The quantitative estimate of drug-likeness (QED) is 0.181. The van der Waals surface area contributed by atoms with Crippen molar-refractivity contribution in [2.75, 3.05) is 0 Å². The van der Waals surface area contributed by atoms with E-state index >= 15 is 0 Å². The second-order valence-electron chi connectivity index (χ2n) is 11.5. The van der Waals surface area contributed by atoms with E-state index in [9.17, 15) is 0 Å². The molecule has 0 aliphatic rings. The van der Waals surface area contributed by atoms with Crippen molar-refractivity contribution >= 4 is 14.8 Å². The lowest BCUT2D eigenvalue weighted by atomic mass is 9.97. The molecule has 0 atom stereocenters. The third-order valence-electron chi connectivity index (χ3n) is 7.14. The van der Waals surface area contributed by atoms with E-state index in [4.69, 9.17) is 7.58 Å². The van der Waals surface area contributed by atoms with Gasteiger partial charge in [-0.15, -0.1) is 0 Å². The Morgan fingerprint density at radius 1 is 0.568 bits per heavy atom. The van der Waals surface area contributed by atoms with Gasteiger partial charge in [-0.25, -0.2) is 0 Å². The van der Waals surface area contributed by atoms with Gasteiger partial charge in [0.1, 0.15) is 0 Å². The van der Waals surface area contributed by atoms with Gasteiger partial charge in [0.15, 0.2) is 0 Å². The molecule has 2 aromatic carbocycles. The van der Waals surface area contributed by atoms with E-state index in [1.165, 1.54) is 84.7 Å². The lowest BCUT2D eigenvalue weighted by molar-refractivity contribution is 0.398. The Kier molecular flexibility index (Phi) is 14.8. The smallest absolute Gasteiger partial charge is 0.611 e. The summed E-state index contributed by atoms with van der Waals surface area (Å²) in [6.07, 6.45) is 13.9. The first-order valence-corrected chi connectivity index (χ1v) is 17.2. The van der Waals surface area contributed by atoms with Crippen LogP contribution in [0.15, 0.2) is 24.3 Å². The first kappa shape index (κ1) is 31.8. The van der Waals surface area contributed by atoms with Crippen LogP contribution in [0.4, 0.5) is 0 Å². The molecule has 0 bridgehead atoms. The highest BCUT2D eigenvalue weighted by Crippen LogP contribution is 2.34. The zero-order chi connectivity index (χ0) is 27.2. The molecule has 0 unspecified atom stereocenters. The summed E-state index contributed by atoms with van der Waals surface area (Å²) in [5.41, 5.74) is 8.26. The van der Waals surface area contributed by atoms with Crippen molar-refractivity contribution in [1.82, 2.24) is 0 Å². The summed E-state index contributed by atoms with van der Waals surface area (Å²) in [7, 11) is 0. The predicted octanol–water partition coefficient (Wildman–Crippen LogP) is 10.3. The van der Waals surface area contributed by atoms with E-state index in [-0.39, 0.29) is 0 Å². The molecule has 0 radical (unpaired) electrons. The molecule has 0 aliphatic carbocycles. The van der Waals surface area contributed by atoms with Gasteiger partial charge < -0.3 is 7.58 Å². The molecule has 0 heterocycles. The van der Waals surface area contributed by atoms with Gasteiger partial charge in [0.05, 0.1) is 11.5 Å². The Balaban J connectivity index is 2.53. The van der Waals surface area contributed by atoms with Crippen molar-refractivity contribution in [3.8, 4) is 11.5 Å². The standard InChI is InChI=1S/2C15H24O.C4H9.Al/c2*1-4-6-8-13-10-12(3)11-14(15(13)16)9-7-5-2;1-4(2)3;/h2*10-11,16H,4-9H2,1-3H3;4H,1H2,2-3H3;/q;;;+2/p-2. The largest absolute Gasteiger partial charge is 0.857 e. The van der Waals surface area contributed by atoms with Gasteiger partial charge in [0.2, 0.25) is 0 Å². The Morgan fingerprint density at radius 3 is 1.11 bits per heavy atom. The molecule has 0 aliphatic heterocycles. The van der Waals surface area contributed by atoms with Crippen molar-refractivity contribution < 1.29 is 7.58 Å². The van der Waals surface area contributed by atoms with E-state index < -0.39 is 14.8 Å². The number of aryl methyl sites for hydroxylation is 6. The van der Waals surface area contributed by atoms with Crippen LogP contribution in [-0.2, 0) is 25.7 Å². The summed E-state index contributed by atoms with van der Waals surface area (Å²) in [5.74, 6) is 2.85. The molecule has 0 fully saturated rings. The number of rotatable bonds is 18. The fraction of sp³-hybridized carbons (Fsp3) is 0.647.